The Morgan fingerprint density at radius 2 is 2.15 bits per heavy atom. The van der Waals surface area contributed by atoms with Crippen LogP contribution in [0.25, 0.3) is 0 Å². The van der Waals surface area contributed by atoms with E-state index in [-0.39, 0.29) is 0 Å². The van der Waals surface area contributed by atoms with Gasteiger partial charge < -0.3 is 5.32 Å². The number of nitrogens with one attached hydrogen (secondary N) is 1. The van der Waals surface area contributed by atoms with Crippen LogP contribution >= 0.6 is 15.9 Å². The summed E-state index contributed by atoms with van der Waals surface area (Å²) in [6.07, 6.45) is 5.93. The number of hydrogen-bond acceptors (Lipinski definition) is 3. The summed E-state index contributed by atoms with van der Waals surface area (Å²) in [6.45, 7) is 6.93. The van der Waals surface area contributed by atoms with Crippen molar-refractivity contribution in [2.45, 2.75) is 39.8 Å². The lowest BCUT2D eigenvalue weighted by Gasteiger charge is -2.07. The first-order valence-electron chi connectivity index (χ1n) is 7.08. The van der Waals surface area contributed by atoms with Gasteiger partial charge in [-0.25, -0.2) is 0 Å². The molecule has 0 aliphatic carbocycles. The molecule has 1 N–H and O–H groups in total. The minimum atomic E-state index is 0.835. The summed E-state index contributed by atoms with van der Waals surface area (Å²) < 4.78 is 5.06. The fourth-order valence-corrected chi connectivity index (χ4v) is 2.93. The maximum absolute atomic E-state index is 4.60. The van der Waals surface area contributed by atoms with E-state index in [4.69, 9.17) is 0 Å². The zero-order valence-electron chi connectivity index (χ0n) is 12.4. The third kappa shape index (κ3) is 3.49. The number of aromatic nitrogens is 4. The molecule has 5 nitrogen and oxygen atoms in total. The van der Waals surface area contributed by atoms with Crippen LogP contribution in [0.1, 0.15) is 30.8 Å². The maximum Gasteiger partial charge on any atom is 0.0767 e. The van der Waals surface area contributed by atoms with Gasteiger partial charge in [-0.15, -0.1) is 0 Å². The van der Waals surface area contributed by atoms with Gasteiger partial charge in [0.1, 0.15) is 0 Å². The van der Waals surface area contributed by atoms with Crippen LogP contribution in [0, 0.1) is 0 Å². The number of rotatable bonds is 7. The van der Waals surface area contributed by atoms with Crippen LogP contribution in [0.2, 0.25) is 0 Å². The van der Waals surface area contributed by atoms with E-state index in [0.717, 1.165) is 42.6 Å². The summed E-state index contributed by atoms with van der Waals surface area (Å²) in [5, 5.41) is 12.3. The Balaban J connectivity index is 1.89. The third-order valence-electron chi connectivity index (χ3n) is 3.34. The first-order valence-corrected chi connectivity index (χ1v) is 7.87. The molecule has 110 valence electrons. The summed E-state index contributed by atoms with van der Waals surface area (Å²) >= 11 is 3.67. The topological polar surface area (TPSA) is 47.7 Å². The van der Waals surface area contributed by atoms with Gasteiger partial charge in [0.25, 0.3) is 0 Å². The SMILES string of the molecule is CCc1nn(CC)c(CNCCc2cnn(C)c2)c1Br. The molecule has 0 amide bonds. The molecule has 0 aromatic carbocycles. The highest BCUT2D eigenvalue weighted by Gasteiger charge is 2.12. The van der Waals surface area contributed by atoms with E-state index in [1.165, 1.54) is 11.3 Å². The van der Waals surface area contributed by atoms with Crippen LogP contribution in [0.4, 0.5) is 0 Å². The first kappa shape index (κ1) is 15.3. The standard InChI is InChI=1S/C14H22BrN5/c1-4-12-14(15)13(20(5-2)18-12)9-16-7-6-11-8-17-19(3)10-11/h8,10,16H,4-7,9H2,1-3H3. The van der Waals surface area contributed by atoms with E-state index < -0.39 is 0 Å². The maximum atomic E-state index is 4.60. The number of hydrogen-bond donors (Lipinski definition) is 1. The van der Waals surface area contributed by atoms with Crippen LogP contribution in [0.3, 0.4) is 0 Å². The van der Waals surface area contributed by atoms with Crippen molar-refractivity contribution in [1.29, 1.82) is 0 Å². The Kier molecular flexibility index (Phi) is 5.37. The van der Waals surface area contributed by atoms with Crippen molar-refractivity contribution < 1.29 is 0 Å². The molecular weight excluding hydrogens is 318 g/mol. The Labute approximate surface area is 128 Å². The van der Waals surface area contributed by atoms with Gasteiger partial charge in [0.15, 0.2) is 0 Å². The van der Waals surface area contributed by atoms with E-state index >= 15 is 0 Å². The van der Waals surface area contributed by atoms with Gasteiger partial charge in [-0.3, -0.25) is 9.36 Å². The van der Waals surface area contributed by atoms with E-state index in [9.17, 15) is 0 Å². The molecule has 0 saturated carbocycles. The molecule has 0 aliphatic rings. The predicted molar refractivity (Wildman–Crippen MR) is 83.6 cm³/mol. The molecular formula is C14H22BrN5. The molecule has 0 spiro atoms. The largest absolute Gasteiger partial charge is 0.311 e. The summed E-state index contributed by atoms with van der Waals surface area (Å²) in [5.41, 5.74) is 3.63. The fraction of sp³-hybridized carbons (Fsp3) is 0.571. The molecule has 0 saturated heterocycles. The van der Waals surface area contributed by atoms with Crippen molar-refractivity contribution in [2.24, 2.45) is 7.05 Å². The summed E-state index contributed by atoms with van der Waals surface area (Å²) in [5.74, 6) is 0. The zero-order chi connectivity index (χ0) is 14.5. The fourth-order valence-electron chi connectivity index (χ4n) is 2.23. The molecule has 0 unspecified atom stereocenters. The zero-order valence-corrected chi connectivity index (χ0v) is 13.9. The van der Waals surface area contributed by atoms with Gasteiger partial charge in [0.2, 0.25) is 0 Å². The predicted octanol–water partition coefficient (Wildman–Crippen LogP) is 2.29. The molecule has 0 fully saturated rings. The van der Waals surface area contributed by atoms with Crippen LogP contribution < -0.4 is 5.32 Å². The average Bonchev–Trinajstić information content (AvgIpc) is 2.99. The molecule has 0 radical (unpaired) electrons. The highest BCUT2D eigenvalue weighted by molar-refractivity contribution is 9.10. The Hall–Kier alpha value is -1.14. The van der Waals surface area contributed by atoms with Gasteiger partial charge in [-0.05, 0) is 47.8 Å². The van der Waals surface area contributed by atoms with E-state index in [1.54, 1.807) is 0 Å². The Morgan fingerprint density at radius 3 is 2.75 bits per heavy atom. The second kappa shape index (κ2) is 7.04. The van der Waals surface area contributed by atoms with Gasteiger partial charge in [-0.1, -0.05) is 6.92 Å². The number of aryl methyl sites for hydroxylation is 3. The molecule has 2 rings (SSSR count). The Bertz CT molecular complexity index is 558. The monoisotopic (exact) mass is 339 g/mol. The van der Waals surface area contributed by atoms with Gasteiger partial charge in [0, 0.05) is 26.3 Å². The van der Waals surface area contributed by atoms with Crippen LogP contribution in [-0.2, 0) is 33.0 Å². The number of nitrogens with zero attached hydrogens (tertiary/aromatic N) is 4. The van der Waals surface area contributed by atoms with E-state index in [0.29, 0.717) is 0 Å². The molecule has 2 aromatic rings. The van der Waals surface area contributed by atoms with Crippen molar-refractivity contribution in [3.05, 3.63) is 33.8 Å². The molecule has 6 heteroatoms. The minimum Gasteiger partial charge on any atom is -0.311 e. The molecule has 0 atom stereocenters. The lowest BCUT2D eigenvalue weighted by Crippen LogP contribution is -2.19. The van der Waals surface area contributed by atoms with Gasteiger partial charge >= 0.3 is 0 Å². The van der Waals surface area contributed by atoms with Gasteiger partial charge in [-0.2, -0.15) is 10.2 Å². The van der Waals surface area contributed by atoms with Crippen molar-refractivity contribution in [2.75, 3.05) is 6.54 Å². The van der Waals surface area contributed by atoms with Crippen molar-refractivity contribution in [3.8, 4) is 0 Å². The van der Waals surface area contributed by atoms with Crippen LogP contribution in [0.5, 0.6) is 0 Å². The summed E-state index contributed by atoms with van der Waals surface area (Å²) in [7, 11) is 1.94. The van der Waals surface area contributed by atoms with Crippen molar-refractivity contribution in [1.82, 2.24) is 24.9 Å². The van der Waals surface area contributed by atoms with E-state index in [1.807, 2.05) is 17.9 Å². The summed E-state index contributed by atoms with van der Waals surface area (Å²) in [4.78, 5) is 0. The summed E-state index contributed by atoms with van der Waals surface area (Å²) in [6, 6.07) is 0. The second-order valence-corrected chi connectivity index (χ2v) is 5.62. The second-order valence-electron chi connectivity index (χ2n) is 4.83. The molecule has 2 heterocycles. The van der Waals surface area contributed by atoms with Crippen LogP contribution in [-0.4, -0.2) is 26.1 Å². The van der Waals surface area contributed by atoms with Crippen LogP contribution in [0.15, 0.2) is 16.9 Å². The van der Waals surface area contributed by atoms with Gasteiger partial charge in [0.05, 0.1) is 22.1 Å². The quantitative estimate of drug-likeness (QED) is 0.787. The normalized spacial score (nSPS) is 11.2. The van der Waals surface area contributed by atoms with Crippen molar-refractivity contribution in [3.63, 3.8) is 0 Å². The average molecular weight is 340 g/mol. The van der Waals surface area contributed by atoms with E-state index in [2.05, 4.69) is 56.2 Å². The highest BCUT2D eigenvalue weighted by Crippen LogP contribution is 2.22. The lowest BCUT2D eigenvalue weighted by atomic mass is 10.2. The minimum absolute atomic E-state index is 0.835. The Morgan fingerprint density at radius 1 is 1.35 bits per heavy atom. The van der Waals surface area contributed by atoms with Crippen molar-refractivity contribution >= 4 is 15.9 Å². The first-order chi connectivity index (χ1) is 9.65. The third-order valence-corrected chi connectivity index (χ3v) is 4.25. The molecule has 20 heavy (non-hydrogen) atoms. The molecule has 2 aromatic heterocycles. The number of halogens is 1. The smallest absolute Gasteiger partial charge is 0.0767 e. The molecule has 0 aliphatic heterocycles. The lowest BCUT2D eigenvalue weighted by molar-refractivity contribution is 0.577. The highest BCUT2D eigenvalue weighted by atomic mass is 79.9. The molecule has 0 bridgehead atoms.